The SMILES string of the molecule is O=C(NC(CO)C(=O)O)c1cc([N+](=O)[O-])c(F)cc1F. The van der Waals surface area contributed by atoms with Gasteiger partial charge in [0, 0.05) is 12.1 Å². The number of hydrogen-bond acceptors (Lipinski definition) is 5. The molecular weight excluding hydrogens is 282 g/mol. The third-order valence-corrected chi connectivity index (χ3v) is 2.26. The summed E-state index contributed by atoms with van der Waals surface area (Å²) in [5.74, 6) is -5.78. The number of nitrogens with zero attached hydrogens (tertiary/aromatic N) is 1. The molecule has 0 heterocycles. The van der Waals surface area contributed by atoms with E-state index < -0.39 is 52.3 Å². The molecule has 0 saturated carbocycles. The number of halogens is 2. The average molecular weight is 290 g/mol. The van der Waals surface area contributed by atoms with Gasteiger partial charge in [0.25, 0.3) is 5.91 Å². The van der Waals surface area contributed by atoms with Crippen molar-refractivity contribution < 1.29 is 33.5 Å². The quantitative estimate of drug-likeness (QED) is 0.519. The molecule has 1 rings (SSSR count). The van der Waals surface area contributed by atoms with E-state index in [0.717, 1.165) is 0 Å². The van der Waals surface area contributed by atoms with Crippen LogP contribution in [0.5, 0.6) is 0 Å². The average Bonchev–Trinajstić information content (AvgIpc) is 2.34. The zero-order valence-electron chi connectivity index (χ0n) is 9.67. The van der Waals surface area contributed by atoms with Crippen LogP contribution < -0.4 is 5.32 Å². The zero-order chi connectivity index (χ0) is 15.4. The van der Waals surface area contributed by atoms with Gasteiger partial charge in [0.05, 0.1) is 17.1 Å². The lowest BCUT2D eigenvalue weighted by atomic mass is 10.1. The molecule has 0 bridgehead atoms. The fourth-order valence-electron chi connectivity index (χ4n) is 1.27. The van der Waals surface area contributed by atoms with Gasteiger partial charge < -0.3 is 15.5 Å². The van der Waals surface area contributed by atoms with E-state index in [-0.39, 0.29) is 6.07 Å². The van der Waals surface area contributed by atoms with Crippen LogP contribution in [0.25, 0.3) is 0 Å². The predicted octanol–water partition coefficient (Wildman–Crippen LogP) is 0.0483. The maximum Gasteiger partial charge on any atom is 0.328 e. The second-order valence-corrected chi connectivity index (χ2v) is 3.59. The van der Waals surface area contributed by atoms with Gasteiger partial charge in [-0.2, -0.15) is 4.39 Å². The number of nitro groups is 1. The van der Waals surface area contributed by atoms with Gasteiger partial charge in [-0.3, -0.25) is 14.9 Å². The van der Waals surface area contributed by atoms with Gasteiger partial charge in [-0.05, 0) is 0 Å². The maximum atomic E-state index is 13.4. The zero-order valence-corrected chi connectivity index (χ0v) is 9.67. The van der Waals surface area contributed by atoms with Crippen molar-refractivity contribution in [2.45, 2.75) is 6.04 Å². The number of aliphatic carboxylic acids is 1. The third kappa shape index (κ3) is 3.23. The van der Waals surface area contributed by atoms with Crippen LogP contribution in [0.2, 0.25) is 0 Å². The van der Waals surface area contributed by atoms with Crippen LogP contribution in [0.4, 0.5) is 14.5 Å². The first-order valence-electron chi connectivity index (χ1n) is 5.06. The first-order valence-corrected chi connectivity index (χ1v) is 5.06. The number of carbonyl (C=O) groups is 2. The molecule has 1 unspecified atom stereocenters. The second kappa shape index (κ2) is 6.02. The lowest BCUT2D eigenvalue weighted by Crippen LogP contribution is -2.43. The van der Waals surface area contributed by atoms with E-state index in [0.29, 0.717) is 6.07 Å². The van der Waals surface area contributed by atoms with Crippen LogP contribution in [0.15, 0.2) is 12.1 Å². The molecular formula is C10H8F2N2O6. The van der Waals surface area contributed by atoms with E-state index in [2.05, 4.69) is 0 Å². The standard InChI is InChI=1S/C10H8F2N2O6/c11-5-2-6(12)8(14(19)20)1-4(5)9(16)13-7(3-15)10(17)18/h1-2,7,15H,3H2,(H,13,16)(H,17,18). The summed E-state index contributed by atoms with van der Waals surface area (Å²) in [5, 5.41) is 29.5. The molecule has 0 aliphatic rings. The summed E-state index contributed by atoms with van der Waals surface area (Å²) >= 11 is 0. The number of amides is 1. The smallest absolute Gasteiger partial charge is 0.328 e. The van der Waals surface area contributed by atoms with E-state index in [1.54, 1.807) is 5.32 Å². The highest BCUT2D eigenvalue weighted by Crippen LogP contribution is 2.21. The number of carbonyl (C=O) groups excluding carboxylic acids is 1. The number of benzene rings is 1. The molecule has 0 aliphatic heterocycles. The number of nitro benzene ring substituents is 1. The normalized spacial score (nSPS) is 11.8. The number of rotatable bonds is 5. The summed E-state index contributed by atoms with van der Waals surface area (Å²) in [6.07, 6.45) is 0. The first-order chi connectivity index (χ1) is 9.27. The van der Waals surface area contributed by atoms with Crippen LogP contribution in [0.1, 0.15) is 10.4 Å². The molecule has 1 aromatic rings. The van der Waals surface area contributed by atoms with Gasteiger partial charge >= 0.3 is 11.7 Å². The number of hydrogen-bond donors (Lipinski definition) is 3. The summed E-state index contributed by atoms with van der Waals surface area (Å²) in [5.41, 5.74) is -2.04. The highest BCUT2D eigenvalue weighted by molar-refractivity contribution is 5.97. The van der Waals surface area contributed by atoms with Crippen LogP contribution in [0, 0.1) is 21.7 Å². The summed E-state index contributed by atoms with van der Waals surface area (Å²) in [6.45, 7) is -0.966. The summed E-state index contributed by atoms with van der Waals surface area (Å²) < 4.78 is 26.4. The van der Waals surface area contributed by atoms with Gasteiger partial charge in [0.15, 0.2) is 6.04 Å². The topological polar surface area (TPSA) is 130 Å². The molecule has 0 saturated heterocycles. The third-order valence-electron chi connectivity index (χ3n) is 2.26. The molecule has 1 amide bonds. The van der Waals surface area contributed by atoms with Crippen molar-refractivity contribution in [2.24, 2.45) is 0 Å². The highest BCUT2D eigenvalue weighted by Gasteiger charge is 2.25. The molecule has 0 aromatic heterocycles. The lowest BCUT2D eigenvalue weighted by molar-refractivity contribution is -0.387. The van der Waals surface area contributed by atoms with Gasteiger partial charge in [0.1, 0.15) is 5.82 Å². The maximum absolute atomic E-state index is 13.4. The minimum atomic E-state index is -1.72. The fraction of sp³-hybridized carbons (Fsp3) is 0.200. The largest absolute Gasteiger partial charge is 0.480 e. The van der Waals surface area contributed by atoms with E-state index in [1.165, 1.54) is 0 Å². The monoisotopic (exact) mass is 290 g/mol. The summed E-state index contributed by atoms with van der Waals surface area (Å²) in [6, 6.07) is -1.23. The van der Waals surface area contributed by atoms with Crippen molar-refractivity contribution in [1.29, 1.82) is 0 Å². The van der Waals surface area contributed by atoms with Crippen molar-refractivity contribution in [3.05, 3.63) is 39.4 Å². The van der Waals surface area contributed by atoms with Crippen molar-refractivity contribution >= 4 is 17.6 Å². The highest BCUT2D eigenvalue weighted by atomic mass is 19.1. The fourth-order valence-corrected chi connectivity index (χ4v) is 1.27. The number of nitrogens with one attached hydrogen (secondary N) is 1. The van der Waals surface area contributed by atoms with E-state index >= 15 is 0 Å². The van der Waals surface area contributed by atoms with Crippen molar-refractivity contribution in [3.8, 4) is 0 Å². The van der Waals surface area contributed by atoms with E-state index in [9.17, 15) is 28.5 Å². The Kier molecular flexibility index (Phi) is 4.64. The Morgan fingerprint density at radius 1 is 1.35 bits per heavy atom. The van der Waals surface area contributed by atoms with Crippen LogP contribution in [0.3, 0.4) is 0 Å². The molecule has 0 radical (unpaired) electrons. The molecule has 20 heavy (non-hydrogen) atoms. The Balaban J connectivity index is 3.13. The predicted molar refractivity (Wildman–Crippen MR) is 59.0 cm³/mol. The van der Waals surface area contributed by atoms with Crippen LogP contribution in [-0.2, 0) is 4.79 Å². The number of aliphatic hydroxyl groups excluding tert-OH is 1. The molecule has 0 spiro atoms. The minimum Gasteiger partial charge on any atom is -0.480 e. The summed E-state index contributed by atoms with van der Waals surface area (Å²) in [4.78, 5) is 31.4. The van der Waals surface area contributed by atoms with Crippen LogP contribution in [-0.4, -0.2) is 39.7 Å². The van der Waals surface area contributed by atoms with Gasteiger partial charge in [-0.25, -0.2) is 9.18 Å². The number of carboxylic acid groups (broad SMARTS) is 1. The molecule has 1 aromatic carbocycles. The Bertz CT molecular complexity index is 577. The Morgan fingerprint density at radius 2 is 1.95 bits per heavy atom. The Labute approximate surface area is 109 Å². The lowest BCUT2D eigenvalue weighted by Gasteiger charge is -2.11. The van der Waals surface area contributed by atoms with E-state index in [1.807, 2.05) is 0 Å². The van der Waals surface area contributed by atoms with Gasteiger partial charge in [-0.1, -0.05) is 0 Å². The molecule has 0 fully saturated rings. The van der Waals surface area contributed by atoms with Crippen molar-refractivity contribution in [3.63, 3.8) is 0 Å². The molecule has 8 nitrogen and oxygen atoms in total. The molecule has 0 aliphatic carbocycles. The molecule has 108 valence electrons. The Morgan fingerprint density at radius 3 is 2.40 bits per heavy atom. The number of aliphatic hydroxyl groups is 1. The van der Waals surface area contributed by atoms with E-state index in [4.69, 9.17) is 10.2 Å². The van der Waals surface area contributed by atoms with Crippen molar-refractivity contribution in [1.82, 2.24) is 5.32 Å². The summed E-state index contributed by atoms with van der Waals surface area (Å²) in [7, 11) is 0. The van der Waals surface area contributed by atoms with Gasteiger partial charge in [-0.15, -0.1) is 0 Å². The second-order valence-electron chi connectivity index (χ2n) is 3.59. The molecule has 10 heteroatoms. The van der Waals surface area contributed by atoms with Crippen molar-refractivity contribution in [2.75, 3.05) is 6.61 Å². The minimum absolute atomic E-state index is 0.141. The molecule has 1 atom stereocenters. The first kappa shape index (κ1) is 15.4. The Hall–Kier alpha value is -2.62. The molecule has 3 N–H and O–H groups in total. The number of carboxylic acids is 1. The van der Waals surface area contributed by atoms with Crippen LogP contribution >= 0.6 is 0 Å². The van der Waals surface area contributed by atoms with Gasteiger partial charge in [0.2, 0.25) is 5.82 Å².